The minimum absolute atomic E-state index is 0. The Balaban J connectivity index is 0.00000162. The summed E-state index contributed by atoms with van der Waals surface area (Å²) >= 11 is 0. The van der Waals surface area contributed by atoms with E-state index in [9.17, 15) is 4.79 Å². The van der Waals surface area contributed by atoms with Crippen molar-refractivity contribution < 1.29 is 9.53 Å². The Morgan fingerprint density at radius 1 is 1.33 bits per heavy atom. The molecule has 0 aliphatic carbocycles. The lowest BCUT2D eigenvalue weighted by molar-refractivity contribution is -0.122. The highest BCUT2D eigenvalue weighted by Gasteiger charge is 2.33. The standard InChI is InChI=1S/C13H24N2O2.ClH/c1-2-17-6-5-14-13(16)9-10-7-11-3-4-12(8-10)15-11;/h10-12,15H,2-9H2,1H3,(H,14,16);1H. The average Bonchev–Trinajstić information content (AvgIpc) is 2.64. The minimum Gasteiger partial charge on any atom is -0.380 e. The highest BCUT2D eigenvalue weighted by molar-refractivity contribution is 5.85. The van der Waals surface area contributed by atoms with Crippen LogP contribution in [0.25, 0.3) is 0 Å². The van der Waals surface area contributed by atoms with Crippen LogP contribution in [0.4, 0.5) is 0 Å². The van der Waals surface area contributed by atoms with Crippen molar-refractivity contribution in [3.8, 4) is 0 Å². The molecule has 106 valence electrons. The molecule has 18 heavy (non-hydrogen) atoms. The van der Waals surface area contributed by atoms with Gasteiger partial charge in [0.05, 0.1) is 6.61 Å². The first kappa shape index (κ1) is 15.7. The van der Waals surface area contributed by atoms with E-state index in [4.69, 9.17) is 4.74 Å². The zero-order valence-corrected chi connectivity index (χ0v) is 11.9. The van der Waals surface area contributed by atoms with Crippen molar-refractivity contribution in [1.29, 1.82) is 0 Å². The summed E-state index contributed by atoms with van der Waals surface area (Å²) < 4.78 is 5.19. The van der Waals surface area contributed by atoms with Crippen LogP contribution < -0.4 is 10.6 Å². The maximum absolute atomic E-state index is 11.7. The fourth-order valence-electron chi connectivity index (χ4n) is 3.08. The number of piperidine rings is 1. The predicted octanol–water partition coefficient (Wildman–Crippen LogP) is 1.48. The molecule has 0 radical (unpaired) electrons. The van der Waals surface area contributed by atoms with Crippen LogP contribution in [0.5, 0.6) is 0 Å². The number of carbonyl (C=O) groups excluding carboxylic acids is 1. The SMILES string of the molecule is CCOCCNC(=O)CC1CC2CCC(C1)N2.Cl. The molecule has 0 aromatic heterocycles. The molecule has 2 atom stereocenters. The van der Waals surface area contributed by atoms with Gasteiger partial charge in [-0.3, -0.25) is 4.79 Å². The zero-order valence-electron chi connectivity index (χ0n) is 11.1. The van der Waals surface area contributed by atoms with E-state index in [0.717, 1.165) is 0 Å². The highest BCUT2D eigenvalue weighted by Crippen LogP contribution is 2.32. The summed E-state index contributed by atoms with van der Waals surface area (Å²) in [7, 11) is 0. The van der Waals surface area contributed by atoms with Gasteiger partial charge in [0.25, 0.3) is 0 Å². The number of fused-ring (bicyclic) bond motifs is 2. The number of halogens is 1. The normalized spacial score (nSPS) is 29.7. The molecule has 0 saturated carbocycles. The Hall–Kier alpha value is -0.320. The van der Waals surface area contributed by atoms with Gasteiger partial charge in [-0.2, -0.15) is 0 Å². The first-order chi connectivity index (χ1) is 8.28. The molecule has 0 spiro atoms. The Labute approximate surface area is 116 Å². The second-order valence-corrected chi connectivity index (χ2v) is 5.23. The maximum Gasteiger partial charge on any atom is 0.220 e. The minimum atomic E-state index is 0. The molecular weight excluding hydrogens is 252 g/mol. The molecule has 2 aliphatic heterocycles. The third-order valence-corrected chi connectivity index (χ3v) is 3.82. The molecule has 2 heterocycles. The summed E-state index contributed by atoms with van der Waals surface area (Å²) in [6.45, 7) is 3.95. The van der Waals surface area contributed by atoms with Crippen molar-refractivity contribution >= 4 is 18.3 Å². The van der Waals surface area contributed by atoms with Crippen LogP contribution in [0.1, 0.15) is 39.0 Å². The molecule has 0 aromatic carbocycles. The van der Waals surface area contributed by atoms with Gasteiger partial charge in [-0.15, -0.1) is 12.4 Å². The predicted molar refractivity (Wildman–Crippen MR) is 74.0 cm³/mol. The molecule has 2 saturated heterocycles. The fourth-order valence-corrected chi connectivity index (χ4v) is 3.08. The molecular formula is C13H25ClN2O2. The van der Waals surface area contributed by atoms with Crippen molar-refractivity contribution in [2.75, 3.05) is 19.8 Å². The third kappa shape index (κ3) is 4.75. The van der Waals surface area contributed by atoms with Gasteiger partial charge in [0.2, 0.25) is 5.91 Å². The molecule has 5 heteroatoms. The number of hydrogen-bond acceptors (Lipinski definition) is 3. The van der Waals surface area contributed by atoms with E-state index in [0.29, 0.717) is 44.2 Å². The molecule has 0 aromatic rings. The molecule has 4 nitrogen and oxygen atoms in total. The highest BCUT2D eigenvalue weighted by atomic mass is 35.5. The van der Waals surface area contributed by atoms with Gasteiger partial charge >= 0.3 is 0 Å². The zero-order chi connectivity index (χ0) is 12.1. The molecule has 2 fully saturated rings. The number of rotatable bonds is 6. The first-order valence-corrected chi connectivity index (χ1v) is 6.88. The molecule has 2 bridgehead atoms. The van der Waals surface area contributed by atoms with Crippen molar-refractivity contribution in [2.24, 2.45) is 5.92 Å². The Kier molecular flexibility index (Phi) is 6.97. The summed E-state index contributed by atoms with van der Waals surface area (Å²) in [6, 6.07) is 1.35. The molecule has 2 N–H and O–H groups in total. The van der Waals surface area contributed by atoms with Gasteiger partial charge in [0, 0.05) is 31.7 Å². The summed E-state index contributed by atoms with van der Waals surface area (Å²) in [6.07, 6.45) is 5.64. The monoisotopic (exact) mass is 276 g/mol. The summed E-state index contributed by atoms with van der Waals surface area (Å²) in [4.78, 5) is 11.7. The smallest absolute Gasteiger partial charge is 0.220 e. The van der Waals surface area contributed by atoms with Crippen LogP contribution in [0.15, 0.2) is 0 Å². The fraction of sp³-hybridized carbons (Fsp3) is 0.923. The molecule has 2 aliphatic rings. The van der Waals surface area contributed by atoms with Crippen molar-refractivity contribution in [1.82, 2.24) is 10.6 Å². The number of nitrogens with one attached hydrogen (secondary N) is 2. The Bertz CT molecular complexity index is 251. The van der Waals surface area contributed by atoms with E-state index in [-0.39, 0.29) is 18.3 Å². The van der Waals surface area contributed by atoms with Gasteiger partial charge in [-0.1, -0.05) is 0 Å². The Morgan fingerprint density at radius 2 is 2.00 bits per heavy atom. The van der Waals surface area contributed by atoms with Gasteiger partial charge in [0.15, 0.2) is 0 Å². The van der Waals surface area contributed by atoms with Gasteiger partial charge in [0.1, 0.15) is 0 Å². The topological polar surface area (TPSA) is 50.4 Å². The lowest BCUT2D eigenvalue weighted by Crippen LogP contribution is -2.40. The van der Waals surface area contributed by atoms with Crippen molar-refractivity contribution in [3.05, 3.63) is 0 Å². The van der Waals surface area contributed by atoms with Crippen LogP contribution in [-0.4, -0.2) is 37.7 Å². The van der Waals surface area contributed by atoms with Gasteiger partial charge in [-0.25, -0.2) is 0 Å². The lowest BCUT2D eigenvalue weighted by Gasteiger charge is -2.28. The number of amides is 1. The van der Waals surface area contributed by atoms with E-state index >= 15 is 0 Å². The summed E-state index contributed by atoms with van der Waals surface area (Å²) in [5, 5.41) is 6.53. The van der Waals surface area contributed by atoms with E-state index in [2.05, 4.69) is 10.6 Å². The van der Waals surface area contributed by atoms with E-state index in [1.807, 2.05) is 6.92 Å². The van der Waals surface area contributed by atoms with Crippen LogP contribution in [0.2, 0.25) is 0 Å². The number of ether oxygens (including phenoxy) is 1. The van der Waals surface area contributed by atoms with Crippen molar-refractivity contribution in [2.45, 2.75) is 51.1 Å². The average molecular weight is 277 g/mol. The number of hydrogen-bond donors (Lipinski definition) is 2. The second-order valence-electron chi connectivity index (χ2n) is 5.23. The van der Waals surface area contributed by atoms with Crippen molar-refractivity contribution in [3.63, 3.8) is 0 Å². The molecule has 2 unspecified atom stereocenters. The Morgan fingerprint density at radius 3 is 2.61 bits per heavy atom. The van der Waals surface area contributed by atoms with Crippen LogP contribution in [0.3, 0.4) is 0 Å². The van der Waals surface area contributed by atoms with E-state index in [1.54, 1.807) is 0 Å². The second kappa shape index (κ2) is 7.97. The largest absolute Gasteiger partial charge is 0.380 e. The number of carbonyl (C=O) groups is 1. The molecule has 2 rings (SSSR count). The van der Waals surface area contributed by atoms with Gasteiger partial charge in [-0.05, 0) is 38.5 Å². The summed E-state index contributed by atoms with van der Waals surface area (Å²) in [5.74, 6) is 0.775. The van der Waals surface area contributed by atoms with Crippen LogP contribution in [-0.2, 0) is 9.53 Å². The van der Waals surface area contributed by atoms with E-state index < -0.39 is 0 Å². The lowest BCUT2D eigenvalue weighted by atomic mass is 9.89. The maximum atomic E-state index is 11.7. The van der Waals surface area contributed by atoms with Crippen LogP contribution >= 0.6 is 12.4 Å². The van der Waals surface area contributed by atoms with Crippen LogP contribution in [0, 0.1) is 5.92 Å². The van der Waals surface area contributed by atoms with E-state index in [1.165, 1.54) is 25.7 Å². The third-order valence-electron chi connectivity index (χ3n) is 3.82. The molecule has 1 amide bonds. The first-order valence-electron chi connectivity index (χ1n) is 6.88. The van der Waals surface area contributed by atoms with Gasteiger partial charge < -0.3 is 15.4 Å². The summed E-state index contributed by atoms with van der Waals surface area (Å²) in [5.41, 5.74) is 0. The quantitative estimate of drug-likeness (QED) is 0.723.